The zero-order chi connectivity index (χ0) is 17.1. The SMILES string of the molecule is COC(=O)[C@@H](C)Oc1ccc2c(=O)c(-c3ccccc3)coc2c1. The molecule has 0 saturated heterocycles. The molecule has 0 amide bonds. The first kappa shape index (κ1) is 15.8. The van der Waals surface area contributed by atoms with Crippen molar-refractivity contribution in [3.8, 4) is 16.9 Å². The van der Waals surface area contributed by atoms with Crippen LogP contribution in [-0.4, -0.2) is 19.2 Å². The van der Waals surface area contributed by atoms with Crippen molar-refractivity contribution in [2.75, 3.05) is 7.11 Å². The minimum Gasteiger partial charge on any atom is -0.479 e. The fourth-order valence-electron chi connectivity index (χ4n) is 2.42. The van der Waals surface area contributed by atoms with Crippen LogP contribution in [0.5, 0.6) is 5.75 Å². The standard InChI is InChI=1S/C19H16O5/c1-12(19(21)22-2)24-14-8-9-15-17(10-14)23-11-16(18(15)20)13-6-4-3-5-7-13/h3-12H,1-2H3/t12-/m1/s1. The molecule has 5 nitrogen and oxygen atoms in total. The highest BCUT2D eigenvalue weighted by molar-refractivity contribution is 5.82. The Hall–Kier alpha value is -3.08. The second-order valence-electron chi connectivity index (χ2n) is 5.29. The lowest BCUT2D eigenvalue weighted by Gasteiger charge is -2.12. The van der Waals surface area contributed by atoms with Crippen LogP contribution in [-0.2, 0) is 9.53 Å². The maximum atomic E-state index is 12.6. The fraction of sp³-hybridized carbons (Fsp3) is 0.158. The normalized spacial score (nSPS) is 11.9. The number of carbonyl (C=O) groups is 1. The van der Waals surface area contributed by atoms with Gasteiger partial charge in [-0.1, -0.05) is 30.3 Å². The maximum absolute atomic E-state index is 12.6. The fourth-order valence-corrected chi connectivity index (χ4v) is 2.42. The van der Waals surface area contributed by atoms with Gasteiger partial charge in [0, 0.05) is 6.07 Å². The van der Waals surface area contributed by atoms with E-state index in [0.29, 0.717) is 22.3 Å². The van der Waals surface area contributed by atoms with Crippen LogP contribution in [0, 0.1) is 0 Å². The highest BCUT2D eigenvalue weighted by atomic mass is 16.6. The number of methoxy groups -OCH3 is 1. The van der Waals surface area contributed by atoms with Gasteiger partial charge in [0.05, 0.1) is 18.1 Å². The number of rotatable bonds is 4. The Labute approximate surface area is 138 Å². The van der Waals surface area contributed by atoms with Crippen molar-refractivity contribution < 1.29 is 18.7 Å². The summed E-state index contributed by atoms with van der Waals surface area (Å²) < 4.78 is 15.7. The Kier molecular flexibility index (Phi) is 4.33. The molecule has 1 atom stereocenters. The van der Waals surface area contributed by atoms with E-state index in [2.05, 4.69) is 4.74 Å². The third-order valence-corrected chi connectivity index (χ3v) is 3.68. The largest absolute Gasteiger partial charge is 0.479 e. The number of hydrogen-bond acceptors (Lipinski definition) is 5. The predicted molar refractivity (Wildman–Crippen MR) is 90.0 cm³/mol. The smallest absolute Gasteiger partial charge is 0.346 e. The first-order valence-electron chi connectivity index (χ1n) is 7.45. The molecule has 24 heavy (non-hydrogen) atoms. The Bertz CT molecular complexity index is 927. The molecule has 0 bridgehead atoms. The Morgan fingerprint density at radius 2 is 1.88 bits per heavy atom. The van der Waals surface area contributed by atoms with E-state index in [0.717, 1.165) is 5.56 Å². The van der Waals surface area contributed by atoms with E-state index in [1.54, 1.807) is 25.1 Å². The van der Waals surface area contributed by atoms with Crippen LogP contribution in [0.4, 0.5) is 0 Å². The second kappa shape index (κ2) is 6.58. The highest BCUT2D eigenvalue weighted by Crippen LogP contribution is 2.23. The van der Waals surface area contributed by atoms with E-state index in [4.69, 9.17) is 9.15 Å². The molecule has 122 valence electrons. The molecule has 2 aromatic carbocycles. The number of esters is 1. The summed E-state index contributed by atoms with van der Waals surface area (Å²) in [5.74, 6) is -0.0491. The molecule has 1 aromatic heterocycles. The van der Waals surface area contributed by atoms with E-state index >= 15 is 0 Å². The van der Waals surface area contributed by atoms with Gasteiger partial charge >= 0.3 is 5.97 Å². The minimum absolute atomic E-state index is 0.116. The van der Waals surface area contributed by atoms with Gasteiger partial charge in [-0.2, -0.15) is 0 Å². The maximum Gasteiger partial charge on any atom is 0.346 e. The average molecular weight is 324 g/mol. The van der Waals surface area contributed by atoms with Gasteiger partial charge in [-0.3, -0.25) is 4.79 Å². The Morgan fingerprint density at radius 1 is 1.12 bits per heavy atom. The van der Waals surface area contributed by atoms with E-state index in [9.17, 15) is 9.59 Å². The lowest BCUT2D eigenvalue weighted by molar-refractivity contribution is -0.147. The first-order valence-corrected chi connectivity index (χ1v) is 7.45. The summed E-state index contributed by atoms with van der Waals surface area (Å²) in [6.45, 7) is 1.59. The molecule has 0 aliphatic carbocycles. The molecule has 0 N–H and O–H groups in total. The van der Waals surface area contributed by atoms with Crippen LogP contribution in [0.1, 0.15) is 6.92 Å². The van der Waals surface area contributed by atoms with Gasteiger partial charge in [0.15, 0.2) is 11.5 Å². The van der Waals surface area contributed by atoms with Gasteiger partial charge in [-0.05, 0) is 24.6 Å². The highest BCUT2D eigenvalue weighted by Gasteiger charge is 2.16. The minimum atomic E-state index is -0.747. The quantitative estimate of drug-likeness (QED) is 0.688. The number of ether oxygens (including phenoxy) is 2. The third kappa shape index (κ3) is 3.01. The molecule has 0 aliphatic heterocycles. The molecule has 0 spiro atoms. The van der Waals surface area contributed by atoms with Crippen LogP contribution in [0.3, 0.4) is 0 Å². The third-order valence-electron chi connectivity index (χ3n) is 3.68. The molecule has 1 heterocycles. The number of carbonyl (C=O) groups excluding carboxylic acids is 1. The zero-order valence-electron chi connectivity index (χ0n) is 13.3. The van der Waals surface area contributed by atoms with Crippen molar-refractivity contribution in [2.24, 2.45) is 0 Å². The van der Waals surface area contributed by atoms with Gasteiger partial charge in [0.2, 0.25) is 0 Å². The van der Waals surface area contributed by atoms with E-state index in [1.165, 1.54) is 13.4 Å². The molecule has 0 unspecified atom stereocenters. The lowest BCUT2D eigenvalue weighted by atomic mass is 10.1. The van der Waals surface area contributed by atoms with Crippen molar-refractivity contribution in [3.63, 3.8) is 0 Å². The van der Waals surface area contributed by atoms with Crippen LogP contribution in [0.25, 0.3) is 22.1 Å². The van der Waals surface area contributed by atoms with Crippen molar-refractivity contribution in [1.82, 2.24) is 0 Å². The molecule has 0 fully saturated rings. The van der Waals surface area contributed by atoms with Gasteiger partial charge in [-0.15, -0.1) is 0 Å². The van der Waals surface area contributed by atoms with Gasteiger partial charge in [0.25, 0.3) is 0 Å². The summed E-state index contributed by atoms with van der Waals surface area (Å²) in [5.41, 5.74) is 1.58. The summed E-state index contributed by atoms with van der Waals surface area (Å²) >= 11 is 0. The average Bonchev–Trinajstić information content (AvgIpc) is 2.62. The number of fused-ring (bicyclic) bond motifs is 1. The Balaban J connectivity index is 1.98. The van der Waals surface area contributed by atoms with Crippen molar-refractivity contribution >= 4 is 16.9 Å². The lowest BCUT2D eigenvalue weighted by Crippen LogP contribution is -2.24. The van der Waals surface area contributed by atoms with Crippen LogP contribution in [0.2, 0.25) is 0 Å². The van der Waals surface area contributed by atoms with Gasteiger partial charge in [-0.25, -0.2) is 4.79 Å². The van der Waals surface area contributed by atoms with Crippen LogP contribution >= 0.6 is 0 Å². The number of benzene rings is 2. The number of hydrogen-bond donors (Lipinski definition) is 0. The van der Waals surface area contributed by atoms with Crippen molar-refractivity contribution in [3.05, 3.63) is 65.0 Å². The van der Waals surface area contributed by atoms with Crippen LogP contribution in [0.15, 0.2) is 64.0 Å². The van der Waals surface area contributed by atoms with E-state index < -0.39 is 12.1 Å². The van der Waals surface area contributed by atoms with Gasteiger partial charge in [0.1, 0.15) is 17.6 Å². The van der Waals surface area contributed by atoms with Crippen molar-refractivity contribution in [2.45, 2.75) is 13.0 Å². The summed E-state index contributed by atoms with van der Waals surface area (Å²) in [5, 5.41) is 0.453. The monoisotopic (exact) mass is 324 g/mol. The molecule has 0 radical (unpaired) electrons. The molecular formula is C19H16O5. The summed E-state index contributed by atoms with van der Waals surface area (Å²) in [7, 11) is 1.30. The molecule has 3 rings (SSSR count). The summed E-state index contributed by atoms with van der Waals surface area (Å²) in [6, 6.07) is 14.2. The molecular weight excluding hydrogens is 308 g/mol. The van der Waals surface area contributed by atoms with E-state index in [1.807, 2.05) is 30.3 Å². The molecule has 3 aromatic rings. The van der Waals surface area contributed by atoms with Crippen LogP contribution < -0.4 is 10.2 Å². The summed E-state index contributed by atoms with van der Waals surface area (Å²) in [4.78, 5) is 24.1. The van der Waals surface area contributed by atoms with Gasteiger partial charge < -0.3 is 13.9 Å². The zero-order valence-corrected chi connectivity index (χ0v) is 13.3. The second-order valence-corrected chi connectivity index (χ2v) is 5.29. The molecule has 0 aliphatic rings. The first-order chi connectivity index (χ1) is 11.6. The van der Waals surface area contributed by atoms with Crippen molar-refractivity contribution in [1.29, 1.82) is 0 Å². The topological polar surface area (TPSA) is 65.7 Å². The Morgan fingerprint density at radius 3 is 2.58 bits per heavy atom. The summed E-state index contributed by atoms with van der Waals surface area (Å²) in [6.07, 6.45) is 0.691. The molecule has 5 heteroatoms. The molecule has 0 saturated carbocycles. The van der Waals surface area contributed by atoms with E-state index in [-0.39, 0.29) is 5.43 Å². The predicted octanol–water partition coefficient (Wildman–Crippen LogP) is 3.40.